The van der Waals surface area contributed by atoms with Gasteiger partial charge in [0.25, 0.3) is 0 Å². The van der Waals surface area contributed by atoms with Crippen LogP contribution in [-0.2, 0) is 0 Å². The van der Waals surface area contributed by atoms with Crippen LogP contribution in [0, 0.1) is 5.41 Å². The number of nitrogens with one attached hydrogen (secondary N) is 2. The zero-order chi connectivity index (χ0) is 13.5. The Bertz CT molecular complexity index is 479. The number of benzene rings is 1. The number of hydrogen-bond donors (Lipinski definition) is 2. The van der Waals surface area contributed by atoms with Gasteiger partial charge in [-0.3, -0.25) is 4.90 Å². The first kappa shape index (κ1) is 12.3. The molecule has 2 N–H and O–H groups in total. The highest BCUT2D eigenvalue weighted by Crippen LogP contribution is 2.48. The van der Waals surface area contributed by atoms with E-state index in [-0.39, 0.29) is 6.03 Å². The predicted octanol–water partition coefficient (Wildman–Crippen LogP) is 2.82. The molecule has 4 heteroatoms. The first-order valence-electron chi connectivity index (χ1n) is 7.00. The maximum Gasteiger partial charge on any atom is 0.321 e. The van der Waals surface area contributed by atoms with E-state index in [0.717, 1.165) is 24.5 Å². The lowest BCUT2D eigenvalue weighted by Gasteiger charge is -2.22. The van der Waals surface area contributed by atoms with E-state index < -0.39 is 0 Å². The van der Waals surface area contributed by atoms with E-state index in [9.17, 15) is 4.79 Å². The molecule has 1 saturated heterocycles. The van der Waals surface area contributed by atoms with Crippen LogP contribution in [0.5, 0.6) is 0 Å². The Labute approximate surface area is 114 Å². The third kappa shape index (κ3) is 2.39. The zero-order valence-electron chi connectivity index (χ0n) is 11.6. The Morgan fingerprint density at radius 1 is 1.32 bits per heavy atom. The third-order valence-electron chi connectivity index (χ3n) is 4.50. The molecule has 3 rings (SSSR count). The Morgan fingerprint density at radius 3 is 2.53 bits per heavy atom. The molecule has 4 nitrogen and oxygen atoms in total. The van der Waals surface area contributed by atoms with Crippen LogP contribution in [0.25, 0.3) is 0 Å². The SMILES string of the molecule is CC(Nc1ccc(N2CCNC2=O)cc1)C1(C)CC1. The van der Waals surface area contributed by atoms with Crippen LogP contribution in [0.3, 0.4) is 0 Å². The van der Waals surface area contributed by atoms with Crippen molar-refractivity contribution in [1.82, 2.24) is 5.32 Å². The van der Waals surface area contributed by atoms with E-state index in [0.29, 0.717) is 11.5 Å². The highest BCUT2D eigenvalue weighted by Gasteiger charge is 2.42. The lowest BCUT2D eigenvalue weighted by atomic mass is 10.0. The highest BCUT2D eigenvalue weighted by molar-refractivity contribution is 5.94. The summed E-state index contributed by atoms with van der Waals surface area (Å²) in [6.45, 7) is 6.05. The summed E-state index contributed by atoms with van der Waals surface area (Å²) in [6.07, 6.45) is 2.63. The largest absolute Gasteiger partial charge is 0.382 e. The van der Waals surface area contributed by atoms with Crippen molar-refractivity contribution in [3.05, 3.63) is 24.3 Å². The van der Waals surface area contributed by atoms with Gasteiger partial charge in [-0.15, -0.1) is 0 Å². The third-order valence-corrected chi connectivity index (χ3v) is 4.50. The predicted molar refractivity (Wildman–Crippen MR) is 77.6 cm³/mol. The molecule has 1 aromatic rings. The second-order valence-corrected chi connectivity index (χ2v) is 5.95. The van der Waals surface area contributed by atoms with Crippen molar-refractivity contribution >= 4 is 17.4 Å². The Balaban J connectivity index is 1.67. The molecule has 2 amide bonds. The normalized spacial score (nSPS) is 22.0. The fourth-order valence-corrected chi connectivity index (χ4v) is 2.51. The quantitative estimate of drug-likeness (QED) is 0.873. The molecule has 1 aliphatic heterocycles. The fourth-order valence-electron chi connectivity index (χ4n) is 2.51. The van der Waals surface area contributed by atoms with Crippen LogP contribution in [-0.4, -0.2) is 25.2 Å². The minimum atomic E-state index is -0.000399. The average molecular weight is 259 g/mol. The van der Waals surface area contributed by atoms with Gasteiger partial charge in [-0.05, 0) is 49.4 Å². The molecular formula is C15H21N3O. The summed E-state index contributed by atoms with van der Waals surface area (Å²) < 4.78 is 0. The van der Waals surface area contributed by atoms with E-state index in [1.807, 2.05) is 12.1 Å². The maximum absolute atomic E-state index is 11.6. The van der Waals surface area contributed by atoms with Gasteiger partial charge in [0.2, 0.25) is 0 Å². The minimum Gasteiger partial charge on any atom is -0.382 e. The average Bonchev–Trinajstić information content (AvgIpc) is 3.01. The number of nitrogens with zero attached hydrogens (tertiary/aromatic N) is 1. The number of hydrogen-bond acceptors (Lipinski definition) is 2. The van der Waals surface area contributed by atoms with E-state index in [2.05, 4.69) is 36.6 Å². The minimum absolute atomic E-state index is 0.000399. The van der Waals surface area contributed by atoms with Crippen LogP contribution >= 0.6 is 0 Å². The number of carbonyl (C=O) groups is 1. The number of carbonyl (C=O) groups excluding carboxylic acids is 1. The van der Waals surface area contributed by atoms with E-state index in [1.165, 1.54) is 12.8 Å². The Morgan fingerprint density at radius 2 is 2.00 bits per heavy atom. The number of amides is 2. The Hall–Kier alpha value is -1.71. The number of urea groups is 1. The molecule has 0 spiro atoms. The van der Waals surface area contributed by atoms with Gasteiger partial charge in [0.1, 0.15) is 0 Å². The van der Waals surface area contributed by atoms with Gasteiger partial charge in [-0.2, -0.15) is 0 Å². The topological polar surface area (TPSA) is 44.4 Å². The standard InChI is InChI=1S/C15H21N3O/c1-11(15(2)7-8-15)17-12-3-5-13(6-4-12)18-10-9-16-14(18)19/h3-6,11,17H,7-10H2,1-2H3,(H,16,19). The van der Waals surface area contributed by atoms with Crippen LogP contribution in [0.4, 0.5) is 16.2 Å². The van der Waals surface area contributed by atoms with Crippen molar-refractivity contribution in [3.8, 4) is 0 Å². The molecule has 0 aromatic heterocycles. The molecule has 19 heavy (non-hydrogen) atoms. The first-order valence-corrected chi connectivity index (χ1v) is 7.00. The summed E-state index contributed by atoms with van der Waals surface area (Å²) >= 11 is 0. The summed E-state index contributed by atoms with van der Waals surface area (Å²) in [5.41, 5.74) is 2.56. The second-order valence-electron chi connectivity index (χ2n) is 5.95. The first-order chi connectivity index (χ1) is 9.08. The van der Waals surface area contributed by atoms with Gasteiger partial charge in [-0.1, -0.05) is 6.92 Å². The molecule has 1 saturated carbocycles. The summed E-state index contributed by atoms with van der Waals surface area (Å²) in [7, 11) is 0. The molecule has 1 aromatic carbocycles. The molecule has 2 aliphatic rings. The van der Waals surface area contributed by atoms with Crippen molar-refractivity contribution in [1.29, 1.82) is 0 Å². The smallest absolute Gasteiger partial charge is 0.321 e. The monoisotopic (exact) mass is 259 g/mol. The van der Waals surface area contributed by atoms with Crippen molar-refractivity contribution in [3.63, 3.8) is 0 Å². The molecule has 1 aliphatic carbocycles. The van der Waals surface area contributed by atoms with E-state index in [4.69, 9.17) is 0 Å². The fraction of sp³-hybridized carbons (Fsp3) is 0.533. The van der Waals surface area contributed by atoms with Gasteiger partial charge in [0, 0.05) is 30.5 Å². The zero-order valence-corrected chi connectivity index (χ0v) is 11.6. The lowest BCUT2D eigenvalue weighted by Crippen LogP contribution is -2.27. The molecule has 102 valence electrons. The van der Waals surface area contributed by atoms with Crippen LogP contribution < -0.4 is 15.5 Å². The van der Waals surface area contributed by atoms with E-state index in [1.54, 1.807) is 4.90 Å². The van der Waals surface area contributed by atoms with Gasteiger partial charge in [0.15, 0.2) is 0 Å². The molecular weight excluding hydrogens is 238 g/mol. The summed E-state index contributed by atoms with van der Waals surface area (Å²) in [4.78, 5) is 13.3. The molecule has 0 bridgehead atoms. The molecule has 1 unspecified atom stereocenters. The summed E-state index contributed by atoms with van der Waals surface area (Å²) in [5.74, 6) is 0. The van der Waals surface area contributed by atoms with Crippen LogP contribution in [0.2, 0.25) is 0 Å². The second kappa shape index (κ2) is 4.44. The van der Waals surface area contributed by atoms with Crippen molar-refractivity contribution in [2.24, 2.45) is 5.41 Å². The van der Waals surface area contributed by atoms with Crippen LogP contribution in [0.1, 0.15) is 26.7 Å². The number of anilines is 2. The van der Waals surface area contributed by atoms with Crippen LogP contribution in [0.15, 0.2) is 24.3 Å². The summed E-state index contributed by atoms with van der Waals surface area (Å²) in [6, 6.07) is 8.63. The van der Waals surface area contributed by atoms with Gasteiger partial charge in [0.05, 0.1) is 0 Å². The summed E-state index contributed by atoms with van der Waals surface area (Å²) in [5, 5.41) is 6.37. The highest BCUT2D eigenvalue weighted by atomic mass is 16.2. The Kier molecular flexibility index (Phi) is 2.88. The lowest BCUT2D eigenvalue weighted by molar-refractivity contribution is 0.252. The molecule has 0 radical (unpaired) electrons. The molecule has 1 heterocycles. The molecule has 1 atom stereocenters. The molecule has 2 fully saturated rings. The van der Waals surface area contributed by atoms with Gasteiger partial charge >= 0.3 is 6.03 Å². The van der Waals surface area contributed by atoms with Crippen molar-refractivity contribution < 1.29 is 4.79 Å². The van der Waals surface area contributed by atoms with Gasteiger partial charge < -0.3 is 10.6 Å². The van der Waals surface area contributed by atoms with E-state index >= 15 is 0 Å². The maximum atomic E-state index is 11.6. The number of rotatable bonds is 4. The van der Waals surface area contributed by atoms with Crippen molar-refractivity contribution in [2.45, 2.75) is 32.7 Å². The van der Waals surface area contributed by atoms with Gasteiger partial charge in [-0.25, -0.2) is 4.79 Å². The van der Waals surface area contributed by atoms with Crippen molar-refractivity contribution in [2.75, 3.05) is 23.3 Å².